The second-order valence-electron chi connectivity index (χ2n) is 5.81. The number of carbonyl (C=O) groups is 1. The maximum atomic E-state index is 12.2. The molecule has 9 heteroatoms. The molecular weight excluding hydrogens is 363 g/mol. The number of rotatable bonds is 6. The molecule has 0 saturated heterocycles. The van der Waals surface area contributed by atoms with Crippen LogP contribution in [-0.4, -0.2) is 28.9 Å². The number of aromatic amines is 1. The number of nitrogens with one attached hydrogen (secondary N) is 2. The molecule has 0 aliphatic heterocycles. The van der Waals surface area contributed by atoms with Gasteiger partial charge in [0.15, 0.2) is 18.1 Å². The fourth-order valence-electron chi connectivity index (χ4n) is 2.33. The van der Waals surface area contributed by atoms with Crippen molar-refractivity contribution in [2.24, 2.45) is 0 Å². The first-order valence-corrected chi connectivity index (χ1v) is 7.99. The SMILES string of the molecule is Cc1ccc(-c2cc(C(=O)NCc3cccc(OCC(F)(F)F)c3)n[nH]2)o1. The van der Waals surface area contributed by atoms with Gasteiger partial charge in [-0.2, -0.15) is 18.3 Å². The number of ether oxygens (including phenoxy) is 1. The van der Waals surface area contributed by atoms with Crippen LogP contribution in [0.4, 0.5) is 13.2 Å². The molecule has 2 aromatic heterocycles. The first-order valence-electron chi connectivity index (χ1n) is 7.99. The minimum Gasteiger partial charge on any atom is -0.484 e. The normalized spacial score (nSPS) is 11.4. The van der Waals surface area contributed by atoms with Crippen molar-refractivity contribution in [3.05, 3.63) is 59.5 Å². The second kappa shape index (κ2) is 7.56. The van der Waals surface area contributed by atoms with E-state index in [1.54, 1.807) is 37.3 Å². The van der Waals surface area contributed by atoms with E-state index in [4.69, 9.17) is 9.15 Å². The molecule has 0 unspecified atom stereocenters. The Labute approximate surface area is 152 Å². The molecule has 2 heterocycles. The summed E-state index contributed by atoms with van der Waals surface area (Å²) in [5.41, 5.74) is 1.33. The van der Waals surface area contributed by atoms with Gasteiger partial charge in [0.1, 0.15) is 17.2 Å². The van der Waals surface area contributed by atoms with Crippen LogP contribution < -0.4 is 10.1 Å². The number of halogens is 3. The lowest BCUT2D eigenvalue weighted by molar-refractivity contribution is -0.153. The van der Waals surface area contributed by atoms with E-state index in [1.165, 1.54) is 12.1 Å². The summed E-state index contributed by atoms with van der Waals surface area (Å²) >= 11 is 0. The summed E-state index contributed by atoms with van der Waals surface area (Å²) in [6.45, 7) is 0.551. The zero-order chi connectivity index (χ0) is 19.4. The van der Waals surface area contributed by atoms with Crippen molar-refractivity contribution in [2.75, 3.05) is 6.61 Å². The lowest BCUT2D eigenvalue weighted by Crippen LogP contribution is -2.23. The quantitative estimate of drug-likeness (QED) is 0.682. The number of H-pyrrole nitrogens is 1. The van der Waals surface area contributed by atoms with Gasteiger partial charge in [0.05, 0.1) is 0 Å². The Kier molecular flexibility index (Phi) is 5.20. The van der Waals surface area contributed by atoms with Gasteiger partial charge in [-0.3, -0.25) is 9.89 Å². The van der Waals surface area contributed by atoms with Crippen LogP contribution in [0.15, 0.2) is 46.9 Å². The van der Waals surface area contributed by atoms with Crippen LogP contribution >= 0.6 is 0 Å². The first-order chi connectivity index (χ1) is 12.8. The van der Waals surface area contributed by atoms with Gasteiger partial charge in [-0.1, -0.05) is 12.1 Å². The average molecular weight is 379 g/mol. The minimum atomic E-state index is -4.41. The number of alkyl halides is 3. The maximum absolute atomic E-state index is 12.2. The highest BCUT2D eigenvalue weighted by molar-refractivity contribution is 5.93. The summed E-state index contributed by atoms with van der Waals surface area (Å²) in [6.07, 6.45) is -4.41. The molecule has 2 N–H and O–H groups in total. The van der Waals surface area contributed by atoms with E-state index < -0.39 is 18.7 Å². The number of aromatic nitrogens is 2. The van der Waals surface area contributed by atoms with Crippen LogP contribution in [-0.2, 0) is 6.54 Å². The molecule has 0 atom stereocenters. The monoisotopic (exact) mass is 379 g/mol. The second-order valence-corrected chi connectivity index (χ2v) is 5.81. The Morgan fingerprint density at radius 2 is 2.07 bits per heavy atom. The lowest BCUT2D eigenvalue weighted by atomic mass is 10.2. The van der Waals surface area contributed by atoms with Crippen molar-refractivity contribution in [3.63, 3.8) is 0 Å². The molecule has 0 bridgehead atoms. The summed E-state index contributed by atoms with van der Waals surface area (Å²) in [7, 11) is 0. The van der Waals surface area contributed by atoms with Crippen LogP contribution in [0, 0.1) is 6.92 Å². The Morgan fingerprint density at radius 3 is 2.78 bits per heavy atom. The smallest absolute Gasteiger partial charge is 0.422 e. The predicted octanol–water partition coefficient (Wildman–Crippen LogP) is 3.85. The number of benzene rings is 1. The summed E-state index contributed by atoms with van der Waals surface area (Å²) in [6, 6.07) is 11.2. The molecule has 0 fully saturated rings. The molecule has 1 amide bonds. The van der Waals surface area contributed by atoms with Crippen molar-refractivity contribution in [2.45, 2.75) is 19.6 Å². The fourth-order valence-corrected chi connectivity index (χ4v) is 2.33. The number of nitrogens with zero attached hydrogens (tertiary/aromatic N) is 1. The maximum Gasteiger partial charge on any atom is 0.422 e. The number of furan rings is 1. The molecule has 0 aliphatic carbocycles. The number of hydrogen-bond donors (Lipinski definition) is 2. The van der Waals surface area contributed by atoms with E-state index in [2.05, 4.69) is 15.5 Å². The van der Waals surface area contributed by atoms with Crippen LogP contribution in [0.3, 0.4) is 0 Å². The molecular formula is C18H16F3N3O3. The number of hydrogen-bond acceptors (Lipinski definition) is 4. The van der Waals surface area contributed by atoms with Gasteiger partial charge in [0, 0.05) is 12.6 Å². The molecule has 0 radical (unpaired) electrons. The number of amides is 1. The Bertz CT molecular complexity index is 931. The van der Waals surface area contributed by atoms with Crippen LogP contribution in [0.25, 0.3) is 11.5 Å². The van der Waals surface area contributed by atoms with Crippen molar-refractivity contribution < 1.29 is 27.1 Å². The predicted molar refractivity (Wildman–Crippen MR) is 90.2 cm³/mol. The van der Waals surface area contributed by atoms with E-state index >= 15 is 0 Å². The highest BCUT2D eigenvalue weighted by Crippen LogP contribution is 2.21. The molecule has 0 spiro atoms. The lowest BCUT2D eigenvalue weighted by Gasteiger charge is -2.10. The zero-order valence-corrected chi connectivity index (χ0v) is 14.3. The fraction of sp³-hybridized carbons (Fsp3) is 0.222. The molecule has 142 valence electrons. The average Bonchev–Trinajstić information content (AvgIpc) is 3.26. The van der Waals surface area contributed by atoms with Gasteiger partial charge in [0.2, 0.25) is 0 Å². The van der Waals surface area contributed by atoms with Gasteiger partial charge in [-0.25, -0.2) is 0 Å². The highest BCUT2D eigenvalue weighted by Gasteiger charge is 2.28. The van der Waals surface area contributed by atoms with E-state index in [-0.39, 0.29) is 18.0 Å². The van der Waals surface area contributed by atoms with E-state index in [9.17, 15) is 18.0 Å². The first kappa shape index (κ1) is 18.6. The largest absolute Gasteiger partial charge is 0.484 e. The third kappa shape index (κ3) is 5.13. The summed E-state index contributed by atoms with van der Waals surface area (Å²) in [4.78, 5) is 12.2. The third-order valence-electron chi connectivity index (χ3n) is 3.57. The Hall–Kier alpha value is -3.23. The van der Waals surface area contributed by atoms with Crippen molar-refractivity contribution in [1.29, 1.82) is 0 Å². The minimum absolute atomic E-state index is 0.0781. The van der Waals surface area contributed by atoms with Gasteiger partial charge in [-0.15, -0.1) is 0 Å². The van der Waals surface area contributed by atoms with E-state index in [0.29, 0.717) is 17.0 Å². The third-order valence-corrected chi connectivity index (χ3v) is 3.57. The summed E-state index contributed by atoms with van der Waals surface area (Å²) < 4.78 is 46.8. The van der Waals surface area contributed by atoms with Crippen LogP contribution in [0.2, 0.25) is 0 Å². The molecule has 0 aliphatic rings. The van der Waals surface area contributed by atoms with Crippen LogP contribution in [0.5, 0.6) is 5.75 Å². The zero-order valence-electron chi connectivity index (χ0n) is 14.3. The highest BCUT2D eigenvalue weighted by atomic mass is 19.4. The van der Waals surface area contributed by atoms with Crippen molar-refractivity contribution in [3.8, 4) is 17.2 Å². The van der Waals surface area contributed by atoms with Crippen molar-refractivity contribution >= 4 is 5.91 Å². The van der Waals surface area contributed by atoms with Crippen molar-refractivity contribution in [1.82, 2.24) is 15.5 Å². The van der Waals surface area contributed by atoms with Gasteiger partial charge in [0.25, 0.3) is 5.91 Å². The molecule has 6 nitrogen and oxygen atoms in total. The van der Waals surface area contributed by atoms with Gasteiger partial charge < -0.3 is 14.5 Å². The van der Waals surface area contributed by atoms with E-state index in [1.807, 2.05) is 0 Å². The standard InChI is InChI=1S/C18H16F3N3O3/c1-11-5-6-16(27-11)14-8-15(24-23-14)17(25)22-9-12-3-2-4-13(7-12)26-10-18(19,20)21/h2-8H,9-10H2,1H3,(H,22,25)(H,23,24). The van der Waals surface area contributed by atoms with Gasteiger partial charge in [-0.05, 0) is 36.8 Å². The Balaban J connectivity index is 1.58. The molecule has 27 heavy (non-hydrogen) atoms. The number of aryl methyl sites for hydroxylation is 1. The van der Waals surface area contributed by atoms with Gasteiger partial charge >= 0.3 is 6.18 Å². The topological polar surface area (TPSA) is 80.1 Å². The van der Waals surface area contributed by atoms with Crippen LogP contribution in [0.1, 0.15) is 21.8 Å². The molecule has 0 saturated carbocycles. The molecule has 3 rings (SSSR count). The van der Waals surface area contributed by atoms with E-state index in [0.717, 1.165) is 5.76 Å². The summed E-state index contributed by atoms with van der Waals surface area (Å²) in [5.74, 6) is 0.948. The Morgan fingerprint density at radius 1 is 1.26 bits per heavy atom. The summed E-state index contributed by atoms with van der Waals surface area (Å²) in [5, 5.41) is 9.32. The molecule has 1 aromatic carbocycles. The number of carbonyl (C=O) groups excluding carboxylic acids is 1. The molecule has 3 aromatic rings.